The van der Waals surface area contributed by atoms with E-state index in [1.54, 1.807) is 12.3 Å². The second-order valence-corrected chi connectivity index (χ2v) is 4.68. The number of nitrogens with zero attached hydrogens (tertiary/aromatic N) is 2. The molecule has 0 aromatic carbocycles. The van der Waals surface area contributed by atoms with Crippen LogP contribution in [-0.4, -0.2) is 30.0 Å². The van der Waals surface area contributed by atoms with Gasteiger partial charge in [0.15, 0.2) is 0 Å². The Morgan fingerprint density at radius 2 is 2.39 bits per heavy atom. The Bertz CT molecular complexity index is 421. The van der Waals surface area contributed by atoms with Crippen molar-refractivity contribution < 1.29 is 4.79 Å². The van der Waals surface area contributed by atoms with Gasteiger partial charge in [-0.25, -0.2) is 0 Å². The van der Waals surface area contributed by atoms with Crippen molar-refractivity contribution in [2.45, 2.75) is 31.7 Å². The zero-order chi connectivity index (χ0) is 13.0. The SMILES string of the molecule is NCCCC1CCCN1c1ccnc(C(N)=O)c1. The van der Waals surface area contributed by atoms with E-state index in [0.717, 1.165) is 31.6 Å². The fourth-order valence-electron chi connectivity index (χ4n) is 2.56. The summed E-state index contributed by atoms with van der Waals surface area (Å²) < 4.78 is 0. The molecule has 1 aliphatic rings. The summed E-state index contributed by atoms with van der Waals surface area (Å²) in [7, 11) is 0. The summed E-state index contributed by atoms with van der Waals surface area (Å²) in [5.74, 6) is -0.477. The molecule has 2 heterocycles. The van der Waals surface area contributed by atoms with Crippen molar-refractivity contribution in [3.63, 3.8) is 0 Å². The molecule has 5 nitrogen and oxygen atoms in total. The van der Waals surface area contributed by atoms with E-state index in [-0.39, 0.29) is 0 Å². The summed E-state index contributed by atoms with van der Waals surface area (Å²) in [5, 5.41) is 0. The minimum atomic E-state index is -0.477. The zero-order valence-electron chi connectivity index (χ0n) is 10.5. The van der Waals surface area contributed by atoms with E-state index in [4.69, 9.17) is 11.5 Å². The molecule has 1 aromatic heterocycles. The van der Waals surface area contributed by atoms with Gasteiger partial charge in [0.25, 0.3) is 5.91 Å². The monoisotopic (exact) mass is 248 g/mol. The van der Waals surface area contributed by atoms with Crippen LogP contribution in [0.1, 0.15) is 36.2 Å². The highest BCUT2D eigenvalue weighted by atomic mass is 16.1. The minimum absolute atomic E-state index is 0.331. The normalized spacial score (nSPS) is 19.2. The molecule has 1 fully saturated rings. The fraction of sp³-hybridized carbons (Fsp3) is 0.538. The maximum absolute atomic E-state index is 11.1. The molecule has 98 valence electrons. The van der Waals surface area contributed by atoms with Crippen molar-refractivity contribution in [1.29, 1.82) is 0 Å². The van der Waals surface area contributed by atoms with Crippen LogP contribution in [0.3, 0.4) is 0 Å². The van der Waals surface area contributed by atoms with Gasteiger partial charge in [-0.05, 0) is 44.4 Å². The van der Waals surface area contributed by atoms with E-state index >= 15 is 0 Å². The Hall–Kier alpha value is -1.62. The number of aromatic nitrogens is 1. The van der Waals surface area contributed by atoms with Crippen molar-refractivity contribution in [3.05, 3.63) is 24.0 Å². The third-order valence-corrected chi connectivity index (χ3v) is 3.45. The highest BCUT2D eigenvalue weighted by Crippen LogP contribution is 2.27. The molecular weight excluding hydrogens is 228 g/mol. The summed E-state index contributed by atoms with van der Waals surface area (Å²) in [4.78, 5) is 17.5. The standard InChI is InChI=1S/C13H20N4O/c14-6-1-3-10-4-2-8-17(10)11-5-7-16-12(9-11)13(15)18/h5,7,9-10H,1-4,6,8,14H2,(H2,15,18). The predicted molar refractivity (Wildman–Crippen MR) is 71.4 cm³/mol. The number of pyridine rings is 1. The van der Waals surface area contributed by atoms with Gasteiger partial charge < -0.3 is 16.4 Å². The molecule has 0 radical (unpaired) electrons. The molecular formula is C13H20N4O. The number of carbonyl (C=O) groups excluding carboxylic acids is 1. The second kappa shape index (κ2) is 5.82. The van der Waals surface area contributed by atoms with Crippen LogP contribution in [0.2, 0.25) is 0 Å². The first-order valence-electron chi connectivity index (χ1n) is 6.45. The van der Waals surface area contributed by atoms with E-state index in [1.165, 1.54) is 12.8 Å². The van der Waals surface area contributed by atoms with Crippen LogP contribution < -0.4 is 16.4 Å². The molecule has 18 heavy (non-hydrogen) atoms. The summed E-state index contributed by atoms with van der Waals surface area (Å²) in [6.45, 7) is 1.75. The van der Waals surface area contributed by atoms with Crippen molar-refractivity contribution in [2.75, 3.05) is 18.0 Å². The first-order chi connectivity index (χ1) is 8.72. The minimum Gasteiger partial charge on any atom is -0.368 e. The lowest BCUT2D eigenvalue weighted by molar-refractivity contribution is 0.0995. The lowest BCUT2D eigenvalue weighted by atomic mass is 10.1. The maximum atomic E-state index is 11.1. The van der Waals surface area contributed by atoms with Gasteiger partial charge in [0.2, 0.25) is 0 Å². The smallest absolute Gasteiger partial charge is 0.267 e. The van der Waals surface area contributed by atoms with Gasteiger partial charge in [-0.3, -0.25) is 9.78 Å². The van der Waals surface area contributed by atoms with Crippen LogP contribution in [0.5, 0.6) is 0 Å². The molecule has 0 aliphatic carbocycles. The number of amides is 1. The van der Waals surface area contributed by atoms with Gasteiger partial charge in [0.05, 0.1) is 0 Å². The summed E-state index contributed by atoms with van der Waals surface area (Å²) in [5.41, 5.74) is 12.2. The molecule has 1 atom stereocenters. The number of rotatable bonds is 5. The van der Waals surface area contributed by atoms with E-state index in [0.29, 0.717) is 11.7 Å². The molecule has 1 unspecified atom stereocenters. The Labute approximate surface area is 107 Å². The van der Waals surface area contributed by atoms with Crippen molar-refractivity contribution in [3.8, 4) is 0 Å². The van der Waals surface area contributed by atoms with Crippen LogP contribution in [0, 0.1) is 0 Å². The van der Waals surface area contributed by atoms with E-state index in [1.807, 2.05) is 6.07 Å². The summed E-state index contributed by atoms with van der Waals surface area (Å²) >= 11 is 0. The average molecular weight is 248 g/mol. The van der Waals surface area contributed by atoms with Crippen LogP contribution in [0.4, 0.5) is 5.69 Å². The number of nitrogens with two attached hydrogens (primary N) is 2. The predicted octanol–water partition coefficient (Wildman–Crippen LogP) is 0.888. The molecule has 0 bridgehead atoms. The van der Waals surface area contributed by atoms with Gasteiger partial charge in [-0.1, -0.05) is 0 Å². The van der Waals surface area contributed by atoms with Crippen LogP contribution in [-0.2, 0) is 0 Å². The van der Waals surface area contributed by atoms with Gasteiger partial charge in [-0.15, -0.1) is 0 Å². The molecule has 2 rings (SSSR count). The fourth-order valence-corrected chi connectivity index (χ4v) is 2.56. The summed E-state index contributed by atoms with van der Waals surface area (Å²) in [6.07, 6.45) is 6.16. The number of primary amides is 1. The molecule has 5 heteroatoms. The molecule has 1 saturated heterocycles. The Kier molecular flexibility index (Phi) is 4.15. The van der Waals surface area contributed by atoms with Crippen molar-refractivity contribution >= 4 is 11.6 Å². The van der Waals surface area contributed by atoms with Gasteiger partial charge in [-0.2, -0.15) is 0 Å². The van der Waals surface area contributed by atoms with E-state index in [2.05, 4.69) is 9.88 Å². The third-order valence-electron chi connectivity index (χ3n) is 3.45. The molecule has 0 saturated carbocycles. The molecule has 1 aromatic rings. The average Bonchev–Trinajstić information content (AvgIpc) is 2.84. The van der Waals surface area contributed by atoms with Gasteiger partial charge >= 0.3 is 0 Å². The van der Waals surface area contributed by atoms with Crippen molar-refractivity contribution in [1.82, 2.24) is 4.98 Å². The largest absolute Gasteiger partial charge is 0.368 e. The topological polar surface area (TPSA) is 85.2 Å². The van der Waals surface area contributed by atoms with Gasteiger partial charge in [0, 0.05) is 24.5 Å². The second-order valence-electron chi connectivity index (χ2n) is 4.68. The van der Waals surface area contributed by atoms with Crippen molar-refractivity contribution in [2.24, 2.45) is 11.5 Å². The molecule has 1 amide bonds. The highest BCUT2D eigenvalue weighted by Gasteiger charge is 2.24. The molecule has 0 spiro atoms. The highest BCUT2D eigenvalue weighted by molar-refractivity contribution is 5.91. The number of hydrogen-bond acceptors (Lipinski definition) is 4. The zero-order valence-corrected chi connectivity index (χ0v) is 10.5. The van der Waals surface area contributed by atoms with Crippen LogP contribution in [0.25, 0.3) is 0 Å². The number of carbonyl (C=O) groups is 1. The van der Waals surface area contributed by atoms with E-state index < -0.39 is 5.91 Å². The Morgan fingerprint density at radius 1 is 1.56 bits per heavy atom. The molecule has 1 aliphatic heterocycles. The van der Waals surface area contributed by atoms with Gasteiger partial charge in [0.1, 0.15) is 5.69 Å². The summed E-state index contributed by atoms with van der Waals surface area (Å²) in [6, 6.07) is 4.24. The van der Waals surface area contributed by atoms with Crippen LogP contribution in [0.15, 0.2) is 18.3 Å². The molecule has 4 N–H and O–H groups in total. The maximum Gasteiger partial charge on any atom is 0.267 e. The first kappa shape index (κ1) is 12.8. The lowest BCUT2D eigenvalue weighted by Crippen LogP contribution is -2.30. The quantitative estimate of drug-likeness (QED) is 0.810. The first-order valence-corrected chi connectivity index (χ1v) is 6.45. The Balaban J connectivity index is 2.14. The number of hydrogen-bond donors (Lipinski definition) is 2. The third kappa shape index (κ3) is 2.79. The van der Waals surface area contributed by atoms with E-state index in [9.17, 15) is 4.79 Å². The van der Waals surface area contributed by atoms with Crippen LogP contribution >= 0.6 is 0 Å². The number of anilines is 1. The Morgan fingerprint density at radius 3 is 3.11 bits per heavy atom. The lowest BCUT2D eigenvalue weighted by Gasteiger charge is -2.26.